The number of carbonyl (C=O) groups is 1. The van der Waals surface area contributed by atoms with E-state index in [4.69, 9.17) is 10.8 Å². The van der Waals surface area contributed by atoms with Crippen molar-refractivity contribution < 1.29 is 18.7 Å². The van der Waals surface area contributed by atoms with Crippen molar-refractivity contribution in [3.8, 4) is 0 Å². The average molecular weight is 258 g/mol. The number of hydrogen-bond donors (Lipinski definition) is 3. The van der Waals surface area contributed by atoms with E-state index in [2.05, 4.69) is 0 Å². The summed E-state index contributed by atoms with van der Waals surface area (Å²) in [5, 5.41) is 10.4. The first kappa shape index (κ1) is 14.5. The second kappa shape index (κ2) is 5.88. The third-order valence-corrected chi connectivity index (χ3v) is 2.47. The van der Waals surface area contributed by atoms with Crippen LogP contribution < -0.4 is 11.1 Å². The van der Waals surface area contributed by atoms with Crippen molar-refractivity contribution in [2.45, 2.75) is 18.9 Å². The molecule has 0 bridgehead atoms. The summed E-state index contributed by atoms with van der Waals surface area (Å²) in [5.74, 6) is -4.03. The number of benzene rings is 1. The summed E-state index contributed by atoms with van der Waals surface area (Å²) >= 11 is 0. The molecule has 0 aromatic heterocycles. The highest BCUT2D eigenvalue weighted by Crippen LogP contribution is 2.13. The molecule has 1 aromatic carbocycles. The number of aryl methyl sites for hydroxylation is 1. The van der Waals surface area contributed by atoms with Crippen LogP contribution in [0.4, 0.5) is 8.78 Å². The first-order valence-corrected chi connectivity index (χ1v) is 5.44. The first-order valence-electron chi connectivity index (χ1n) is 5.44. The van der Waals surface area contributed by atoms with Crippen molar-refractivity contribution in [3.63, 3.8) is 0 Å². The second-order valence-corrected chi connectivity index (χ2v) is 4.12. The van der Waals surface area contributed by atoms with Crippen LogP contribution in [0.5, 0.6) is 0 Å². The molecule has 0 heterocycles. The van der Waals surface area contributed by atoms with Crippen LogP contribution in [0.15, 0.2) is 24.3 Å². The van der Waals surface area contributed by atoms with E-state index in [9.17, 15) is 13.6 Å². The van der Waals surface area contributed by atoms with Gasteiger partial charge in [-0.05, 0) is 12.5 Å². The predicted molar refractivity (Wildman–Crippen MR) is 63.1 cm³/mol. The maximum Gasteiger partial charge on any atom is 0.287 e. The predicted octanol–water partition coefficient (Wildman–Crippen LogP) is 0.739. The quantitative estimate of drug-likeness (QED) is 0.729. The highest BCUT2D eigenvalue weighted by molar-refractivity contribution is 5.82. The van der Waals surface area contributed by atoms with Gasteiger partial charge in [-0.3, -0.25) is 4.79 Å². The Morgan fingerprint density at radius 2 is 2.00 bits per heavy atom. The van der Waals surface area contributed by atoms with Gasteiger partial charge < -0.3 is 16.2 Å². The van der Waals surface area contributed by atoms with Gasteiger partial charge in [0.25, 0.3) is 5.92 Å². The Kier molecular flexibility index (Phi) is 4.75. The van der Waals surface area contributed by atoms with Crippen molar-refractivity contribution in [1.82, 2.24) is 5.32 Å². The first-order chi connectivity index (χ1) is 8.35. The summed E-state index contributed by atoms with van der Waals surface area (Å²) < 4.78 is 25.5. The third kappa shape index (κ3) is 4.05. The van der Waals surface area contributed by atoms with E-state index in [0.717, 1.165) is 5.56 Å². The Balaban J connectivity index is 2.59. The molecule has 6 heteroatoms. The number of nitrogens with one attached hydrogen (secondary N) is 1. The molecule has 1 unspecified atom stereocenters. The number of halogens is 2. The van der Waals surface area contributed by atoms with Gasteiger partial charge in [-0.1, -0.05) is 29.8 Å². The molecule has 0 aliphatic heterocycles. The van der Waals surface area contributed by atoms with Crippen molar-refractivity contribution in [1.29, 1.82) is 0 Å². The molecular formula is C12H16F2N2O2. The summed E-state index contributed by atoms with van der Waals surface area (Å²) in [5.41, 5.74) is 7.20. The average Bonchev–Trinajstić information content (AvgIpc) is 2.36. The number of rotatable bonds is 5. The molecule has 0 saturated heterocycles. The molecule has 0 aliphatic rings. The highest BCUT2D eigenvalue weighted by Gasteiger charge is 2.29. The Labute approximate surface area is 104 Å². The molecular weight excluding hydrogens is 242 g/mol. The Morgan fingerprint density at radius 1 is 1.44 bits per heavy atom. The lowest BCUT2D eigenvalue weighted by molar-refractivity contribution is -0.125. The van der Waals surface area contributed by atoms with Gasteiger partial charge in [0, 0.05) is 0 Å². The summed E-state index contributed by atoms with van der Waals surface area (Å²) in [6, 6.07) is 5.91. The molecule has 1 amide bonds. The largest absolute Gasteiger partial charge is 0.390 e. The fraction of sp³-hybridized carbons (Fsp3) is 0.417. The second-order valence-electron chi connectivity index (χ2n) is 4.12. The summed E-state index contributed by atoms with van der Waals surface area (Å²) in [6.45, 7) is -0.355. The van der Waals surface area contributed by atoms with E-state index in [-0.39, 0.29) is 0 Å². The number of amides is 1. The molecule has 0 saturated carbocycles. The molecule has 4 N–H and O–H groups in total. The zero-order valence-electron chi connectivity index (χ0n) is 9.99. The number of aliphatic hydroxyl groups is 1. The molecule has 1 rings (SSSR count). The highest BCUT2D eigenvalue weighted by atomic mass is 19.3. The van der Waals surface area contributed by atoms with Gasteiger partial charge in [-0.15, -0.1) is 0 Å². The van der Waals surface area contributed by atoms with E-state index < -0.39 is 31.0 Å². The van der Waals surface area contributed by atoms with Crippen molar-refractivity contribution in [2.24, 2.45) is 5.73 Å². The minimum atomic E-state index is -3.33. The summed E-state index contributed by atoms with van der Waals surface area (Å²) in [7, 11) is 0. The maximum atomic E-state index is 12.7. The summed E-state index contributed by atoms with van der Waals surface area (Å²) in [4.78, 5) is 11.5. The fourth-order valence-corrected chi connectivity index (χ4v) is 1.31. The number of hydrogen-bond acceptors (Lipinski definition) is 3. The monoisotopic (exact) mass is 258 g/mol. The lowest BCUT2D eigenvalue weighted by Crippen LogP contribution is -2.42. The van der Waals surface area contributed by atoms with Crippen molar-refractivity contribution in [2.75, 3.05) is 13.2 Å². The van der Waals surface area contributed by atoms with Gasteiger partial charge in [-0.2, -0.15) is 0 Å². The zero-order valence-corrected chi connectivity index (χ0v) is 9.99. The van der Waals surface area contributed by atoms with Gasteiger partial charge in [0.15, 0.2) is 0 Å². The van der Waals surface area contributed by atoms with Crippen LogP contribution in [-0.2, 0) is 4.79 Å². The molecule has 0 aliphatic carbocycles. The van der Waals surface area contributed by atoms with Gasteiger partial charge in [0.2, 0.25) is 5.91 Å². The number of carbonyl (C=O) groups excluding carboxylic acids is 1. The normalized spacial score (nSPS) is 13.2. The molecule has 0 radical (unpaired) electrons. The zero-order chi connectivity index (χ0) is 13.8. The third-order valence-electron chi connectivity index (χ3n) is 2.47. The Hall–Kier alpha value is -1.53. The van der Waals surface area contributed by atoms with E-state index in [1.165, 1.54) is 0 Å². The minimum Gasteiger partial charge on any atom is -0.390 e. The van der Waals surface area contributed by atoms with Crippen molar-refractivity contribution in [3.05, 3.63) is 35.4 Å². The van der Waals surface area contributed by atoms with E-state index in [1.54, 1.807) is 24.3 Å². The maximum absolute atomic E-state index is 12.7. The Bertz CT molecular complexity index is 407. The Morgan fingerprint density at radius 3 is 2.50 bits per heavy atom. The molecule has 4 nitrogen and oxygen atoms in total. The van der Waals surface area contributed by atoms with Crippen molar-refractivity contribution >= 4 is 5.91 Å². The SMILES string of the molecule is Cc1ccc(C(N)C(=O)NCC(F)(F)CO)cc1. The van der Waals surface area contributed by atoms with Crippen LogP contribution in [0.1, 0.15) is 17.2 Å². The molecule has 0 fully saturated rings. The van der Waals surface area contributed by atoms with E-state index in [0.29, 0.717) is 5.56 Å². The topological polar surface area (TPSA) is 75.4 Å². The van der Waals surface area contributed by atoms with Crippen LogP contribution in [0.25, 0.3) is 0 Å². The van der Waals surface area contributed by atoms with Gasteiger partial charge in [0.05, 0.1) is 6.54 Å². The fourth-order valence-electron chi connectivity index (χ4n) is 1.31. The van der Waals surface area contributed by atoms with Crippen LogP contribution >= 0.6 is 0 Å². The van der Waals surface area contributed by atoms with E-state index >= 15 is 0 Å². The molecule has 0 spiro atoms. The van der Waals surface area contributed by atoms with Gasteiger partial charge in [0.1, 0.15) is 12.6 Å². The number of nitrogens with two attached hydrogens (primary N) is 1. The molecule has 18 heavy (non-hydrogen) atoms. The van der Waals surface area contributed by atoms with Crippen LogP contribution in [0.2, 0.25) is 0 Å². The molecule has 1 aromatic rings. The standard InChI is InChI=1S/C12H16F2N2O2/c1-8-2-4-9(5-3-8)10(15)11(18)16-6-12(13,14)7-17/h2-5,10,17H,6-7,15H2,1H3,(H,16,18). The number of alkyl halides is 2. The summed E-state index contributed by atoms with van der Waals surface area (Å²) in [6.07, 6.45) is 0. The van der Waals surface area contributed by atoms with Gasteiger partial charge >= 0.3 is 0 Å². The van der Waals surface area contributed by atoms with Crippen LogP contribution in [0, 0.1) is 6.92 Å². The van der Waals surface area contributed by atoms with E-state index in [1.807, 2.05) is 12.2 Å². The molecule has 100 valence electrons. The smallest absolute Gasteiger partial charge is 0.287 e. The number of aliphatic hydroxyl groups excluding tert-OH is 1. The van der Waals surface area contributed by atoms with Gasteiger partial charge in [-0.25, -0.2) is 8.78 Å². The molecule has 1 atom stereocenters. The van der Waals surface area contributed by atoms with Crippen LogP contribution in [-0.4, -0.2) is 30.1 Å². The lowest BCUT2D eigenvalue weighted by Gasteiger charge is -2.17. The minimum absolute atomic E-state index is 0.547. The van der Waals surface area contributed by atoms with Crippen LogP contribution in [0.3, 0.4) is 0 Å². The lowest BCUT2D eigenvalue weighted by atomic mass is 10.1.